The van der Waals surface area contributed by atoms with Gasteiger partial charge in [0.15, 0.2) is 0 Å². The first-order valence-electron chi connectivity index (χ1n) is 6.38. The largest absolute Gasteiger partial charge is 0.384 e. The number of likely N-dealkylation sites (N-methyl/N-ethyl adjacent to an activating group) is 1. The zero-order valence-corrected chi connectivity index (χ0v) is 11.1. The summed E-state index contributed by atoms with van der Waals surface area (Å²) in [4.78, 5) is 16.4. The molecule has 0 bridgehead atoms. The standard InChI is InChI=1S/C15H18N2O2/c1-16-7-9-17(10-8-16)15(19)14-6-2-4-13(12-14)5-3-11-18/h2,4,6,12,18H,7-11H2,1H3. The van der Waals surface area contributed by atoms with Gasteiger partial charge in [-0.15, -0.1) is 0 Å². The second kappa shape index (κ2) is 6.37. The molecule has 2 rings (SSSR count). The third kappa shape index (κ3) is 3.57. The Morgan fingerprint density at radius 2 is 2.05 bits per heavy atom. The lowest BCUT2D eigenvalue weighted by atomic mass is 10.1. The van der Waals surface area contributed by atoms with Crippen LogP contribution >= 0.6 is 0 Å². The van der Waals surface area contributed by atoms with Gasteiger partial charge in [-0.2, -0.15) is 0 Å². The smallest absolute Gasteiger partial charge is 0.253 e. The monoisotopic (exact) mass is 258 g/mol. The molecule has 1 aromatic carbocycles. The molecule has 19 heavy (non-hydrogen) atoms. The Hall–Kier alpha value is -1.83. The Morgan fingerprint density at radius 3 is 2.74 bits per heavy atom. The van der Waals surface area contributed by atoms with Gasteiger partial charge in [0, 0.05) is 37.3 Å². The van der Waals surface area contributed by atoms with Crippen molar-refractivity contribution in [3.8, 4) is 11.8 Å². The van der Waals surface area contributed by atoms with Crippen LogP contribution in [0, 0.1) is 11.8 Å². The topological polar surface area (TPSA) is 43.8 Å². The third-order valence-electron chi connectivity index (χ3n) is 3.21. The van der Waals surface area contributed by atoms with Crippen molar-refractivity contribution in [2.75, 3.05) is 39.8 Å². The average Bonchev–Trinajstić information content (AvgIpc) is 2.45. The van der Waals surface area contributed by atoms with Gasteiger partial charge < -0.3 is 14.9 Å². The minimum absolute atomic E-state index is 0.0562. The first kappa shape index (κ1) is 13.6. The molecule has 1 aliphatic heterocycles. The summed E-state index contributed by atoms with van der Waals surface area (Å²) in [6.45, 7) is 3.19. The number of aliphatic hydroxyl groups is 1. The Balaban J connectivity index is 2.10. The summed E-state index contributed by atoms with van der Waals surface area (Å²) in [5.41, 5.74) is 1.42. The van der Waals surface area contributed by atoms with Crippen LogP contribution in [-0.2, 0) is 0 Å². The van der Waals surface area contributed by atoms with Gasteiger partial charge in [-0.05, 0) is 25.2 Å². The van der Waals surface area contributed by atoms with Gasteiger partial charge in [0.25, 0.3) is 5.91 Å². The van der Waals surface area contributed by atoms with Crippen molar-refractivity contribution < 1.29 is 9.90 Å². The van der Waals surface area contributed by atoms with Crippen molar-refractivity contribution >= 4 is 5.91 Å². The highest BCUT2D eigenvalue weighted by atomic mass is 16.2. The minimum atomic E-state index is -0.170. The van der Waals surface area contributed by atoms with Crippen LogP contribution in [0.2, 0.25) is 0 Å². The molecule has 0 aromatic heterocycles. The molecule has 0 unspecified atom stereocenters. The van der Waals surface area contributed by atoms with Crippen molar-refractivity contribution in [1.82, 2.24) is 9.80 Å². The molecule has 1 aromatic rings. The van der Waals surface area contributed by atoms with Crippen LogP contribution in [0.4, 0.5) is 0 Å². The molecule has 0 atom stereocenters. The number of amides is 1. The summed E-state index contributed by atoms with van der Waals surface area (Å²) in [5, 5.41) is 8.68. The van der Waals surface area contributed by atoms with E-state index in [9.17, 15) is 4.79 Å². The molecular formula is C15H18N2O2. The van der Waals surface area contributed by atoms with Crippen LogP contribution in [0.3, 0.4) is 0 Å². The molecule has 4 nitrogen and oxygen atoms in total. The normalized spacial score (nSPS) is 15.8. The van der Waals surface area contributed by atoms with Crippen LogP contribution in [-0.4, -0.2) is 60.6 Å². The second-order valence-corrected chi connectivity index (χ2v) is 4.64. The van der Waals surface area contributed by atoms with E-state index in [2.05, 4.69) is 23.8 Å². The summed E-state index contributed by atoms with van der Waals surface area (Å²) in [5.74, 6) is 5.47. The van der Waals surface area contributed by atoms with E-state index < -0.39 is 0 Å². The number of carbonyl (C=O) groups excluding carboxylic acids is 1. The van der Waals surface area contributed by atoms with Gasteiger partial charge in [0.05, 0.1) is 0 Å². The molecule has 0 radical (unpaired) electrons. The van der Waals surface area contributed by atoms with Gasteiger partial charge >= 0.3 is 0 Å². The van der Waals surface area contributed by atoms with Gasteiger partial charge in [-0.3, -0.25) is 4.79 Å². The molecule has 1 aliphatic rings. The van der Waals surface area contributed by atoms with Gasteiger partial charge in [-0.25, -0.2) is 0 Å². The van der Waals surface area contributed by atoms with Crippen molar-refractivity contribution in [3.05, 3.63) is 35.4 Å². The number of nitrogens with zero attached hydrogens (tertiary/aromatic N) is 2. The van der Waals surface area contributed by atoms with Gasteiger partial charge in [-0.1, -0.05) is 17.9 Å². The zero-order valence-electron chi connectivity index (χ0n) is 11.1. The fourth-order valence-electron chi connectivity index (χ4n) is 2.06. The molecule has 1 amide bonds. The van der Waals surface area contributed by atoms with Gasteiger partial charge in [0.1, 0.15) is 6.61 Å². The van der Waals surface area contributed by atoms with E-state index in [-0.39, 0.29) is 12.5 Å². The van der Waals surface area contributed by atoms with E-state index in [0.717, 1.165) is 31.7 Å². The van der Waals surface area contributed by atoms with E-state index in [1.807, 2.05) is 23.1 Å². The van der Waals surface area contributed by atoms with Crippen LogP contribution in [0.25, 0.3) is 0 Å². The number of aliphatic hydroxyl groups excluding tert-OH is 1. The summed E-state index contributed by atoms with van der Waals surface area (Å²) in [6.07, 6.45) is 0. The lowest BCUT2D eigenvalue weighted by Crippen LogP contribution is -2.47. The van der Waals surface area contributed by atoms with Gasteiger partial charge in [0.2, 0.25) is 0 Å². The van der Waals surface area contributed by atoms with E-state index in [1.54, 1.807) is 6.07 Å². The fraction of sp³-hybridized carbons (Fsp3) is 0.400. The molecule has 1 saturated heterocycles. The quantitative estimate of drug-likeness (QED) is 0.742. The molecular weight excluding hydrogens is 240 g/mol. The lowest BCUT2D eigenvalue weighted by molar-refractivity contribution is 0.0664. The van der Waals surface area contributed by atoms with Crippen molar-refractivity contribution in [2.24, 2.45) is 0 Å². The average molecular weight is 258 g/mol. The van der Waals surface area contributed by atoms with E-state index in [0.29, 0.717) is 5.56 Å². The zero-order chi connectivity index (χ0) is 13.7. The Kier molecular flexibility index (Phi) is 4.56. The number of carbonyl (C=O) groups is 1. The molecule has 1 heterocycles. The Labute approximate surface area is 113 Å². The highest BCUT2D eigenvalue weighted by molar-refractivity contribution is 5.94. The highest BCUT2D eigenvalue weighted by Gasteiger charge is 2.20. The SMILES string of the molecule is CN1CCN(C(=O)c2cccc(C#CCO)c2)CC1. The Bertz CT molecular complexity index is 508. The van der Waals surface area contributed by atoms with Crippen LogP contribution < -0.4 is 0 Å². The Morgan fingerprint density at radius 1 is 1.32 bits per heavy atom. The third-order valence-corrected chi connectivity index (χ3v) is 3.21. The maximum atomic E-state index is 12.3. The number of hydrogen-bond donors (Lipinski definition) is 1. The highest BCUT2D eigenvalue weighted by Crippen LogP contribution is 2.10. The summed E-state index contributed by atoms with van der Waals surface area (Å²) in [6, 6.07) is 7.25. The molecule has 1 N–H and O–H groups in total. The predicted octanol–water partition coefficient (Wildman–Crippen LogP) is 0.418. The van der Waals surface area contributed by atoms with Crippen molar-refractivity contribution in [2.45, 2.75) is 0 Å². The second-order valence-electron chi connectivity index (χ2n) is 4.64. The van der Waals surface area contributed by atoms with E-state index in [4.69, 9.17) is 5.11 Å². The van der Waals surface area contributed by atoms with Crippen molar-refractivity contribution in [3.63, 3.8) is 0 Å². The summed E-state index contributed by atoms with van der Waals surface area (Å²) >= 11 is 0. The molecule has 100 valence electrons. The first-order valence-corrected chi connectivity index (χ1v) is 6.38. The molecule has 1 fully saturated rings. The first-order chi connectivity index (χ1) is 9.20. The summed E-state index contributed by atoms with van der Waals surface area (Å²) in [7, 11) is 2.06. The lowest BCUT2D eigenvalue weighted by Gasteiger charge is -2.32. The molecule has 0 saturated carbocycles. The van der Waals surface area contributed by atoms with Crippen molar-refractivity contribution in [1.29, 1.82) is 0 Å². The number of piperazine rings is 1. The maximum Gasteiger partial charge on any atom is 0.253 e. The van der Waals surface area contributed by atoms with E-state index in [1.165, 1.54) is 0 Å². The number of hydrogen-bond acceptors (Lipinski definition) is 3. The molecule has 0 spiro atoms. The summed E-state index contributed by atoms with van der Waals surface area (Å²) < 4.78 is 0. The van der Waals surface area contributed by atoms with E-state index >= 15 is 0 Å². The molecule has 4 heteroatoms. The number of rotatable bonds is 1. The van der Waals surface area contributed by atoms with Crippen LogP contribution in [0.15, 0.2) is 24.3 Å². The minimum Gasteiger partial charge on any atom is -0.384 e. The van der Waals surface area contributed by atoms with Crippen LogP contribution in [0.5, 0.6) is 0 Å². The predicted molar refractivity (Wildman–Crippen MR) is 73.8 cm³/mol. The molecule has 0 aliphatic carbocycles. The maximum absolute atomic E-state index is 12.3. The number of benzene rings is 1. The fourth-order valence-corrected chi connectivity index (χ4v) is 2.06. The van der Waals surface area contributed by atoms with Crippen LogP contribution in [0.1, 0.15) is 15.9 Å².